The molecule has 1 aromatic heterocycles. The Hall–Kier alpha value is -2.21. The van der Waals surface area contributed by atoms with Gasteiger partial charge in [-0.25, -0.2) is 4.39 Å². The molecule has 148 valence electrons. The van der Waals surface area contributed by atoms with Gasteiger partial charge in [-0.05, 0) is 67.0 Å². The highest BCUT2D eigenvalue weighted by Gasteiger charge is 2.36. The van der Waals surface area contributed by atoms with E-state index in [-0.39, 0.29) is 29.6 Å². The molecular weight excluding hydrogens is 375 g/mol. The number of likely N-dealkylation sites (tertiary alicyclic amines) is 1. The zero-order valence-corrected chi connectivity index (χ0v) is 16.9. The van der Waals surface area contributed by atoms with Gasteiger partial charge in [-0.1, -0.05) is 6.92 Å². The standard InChI is InChI=1S/C22H25FN2O2S/c1-2-19-18-10-13-28-20(18)9-12-25(19)22(27)16-4-3-11-24(14-16)21(26)15-5-7-17(23)8-6-15/h5-8,10,13,16,19H,2-4,9,11-12,14H2,1H3. The molecule has 0 N–H and O–H groups in total. The third-order valence-electron chi connectivity index (χ3n) is 5.91. The Kier molecular flexibility index (Phi) is 5.49. The van der Waals surface area contributed by atoms with E-state index in [4.69, 9.17) is 0 Å². The number of carbonyl (C=O) groups excluding carboxylic acids is 2. The second-order valence-corrected chi connectivity index (χ2v) is 8.60. The molecule has 2 atom stereocenters. The molecule has 28 heavy (non-hydrogen) atoms. The van der Waals surface area contributed by atoms with Crippen molar-refractivity contribution >= 4 is 23.2 Å². The molecule has 1 aromatic carbocycles. The van der Waals surface area contributed by atoms with Crippen molar-refractivity contribution in [3.05, 3.63) is 57.5 Å². The number of hydrogen-bond acceptors (Lipinski definition) is 3. The van der Waals surface area contributed by atoms with E-state index in [1.165, 1.54) is 34.7 Å². The lowest BCUT2D eigenvalue weighted by Gasteiger charge is -2.40. The molecule has 2 aliphatic heterocycles. The molecule has 2 aliphatic rings. The largest absolute Gasteiger partial charge is 0.338 e. The van der Waals surface area contributed by atoms with Crippen molar-refractivity contribution in [2.24, 2.45) is 5.92 Å². The molecule has 4 rings (SSSR count). The summed E-state index contributed by atoms with van der Waals surface area (Å²) < 4.78 is 13.1. The van der Waals surface area contributed by atoms with Crippen LogP contribution in [0.5, 0.6) is 0 Å². The van der Waals surface area contributed by atoms with Gasteiger partial charge in [0.05, 0.1) is 12.0 Å². The minimum absolute atomic E-state index is 0.122. The van der Waals surface area contributed by atoms with Crippen LogP contribution in [0, 0.1) is 11.7 Å². The normalized spacial score (nSPS) is 22.1. The first kappa shape index (κ1) is 19.1. The van der Waals surface area contributed by atoms with Crippen molar-refractivity contribution in [2.75, 3.05) is 19.6 Å². The van der Waals surface area contributed by atoms with Gasteiger partial charge in [0.1, 0.15) is 5.82 Å². The number of carbonyl (C=O) groups is 2. The van der Waals surface area contributed by atoms with Gasteiger partial charge in [0.15, 0.2) is 0 Å². The van der Waals surface area contributed by atoms with Gasteiger partial charge in [0.25, 0.3) is 5.91 Å². The van der Waals surface area contributed by atoms with Gasteiger partial charge in [-0.3, -0.25) is 9.59 Å². The summed E-state index contributed by atoms with van der Waals surface area (Å²) in [5.74, 6) is -0.470. The van der Waals surface area contributed by atoms with Gasteiger partial charge < -0.3 is 9.80 Å². The predicted octanol–water partition coefficient (Wildman–Crippen LogP) is 4.28. The molecule has 0 saturated carbocycles. The number of rotatable bonds is 3. The number of thiophene rings is 1. The van der Waals surface area contributed by atoms with Crippen molar-refractivity contribution in [2.45, 2.75) is 38.6 Å². The fourth-order valence-corrected chi connectivity index (χ4v) is 5.40. The molecule has 1 saturated heterocycles. The van der Waals surface area contributed by atoms with E-state index in [1.807, 2.05) is 4.90 Å². The van der Waals surface area contributed by atoms with Crippen molar-refractivity contribution in [3.63, 3.8) is 0 Å². The summed E-state index contributed by atoms with van der Waals surface area (Å²) in [6.07, 6.45) is 3.45. The predicted molar refractivity (Wildman–Crippen MR) is 108 cm³/mol. The van der Waals surface area contributed by atoms with Gasteiger partial charge >= 0.3 is 0 Å². The Morgan fingerprint density at radius 2 is 1.96 bits per heavy atom. The number of halogens is 1. The highest BCUT2D eigenvalue weighted by atomic mass is 32.1. The van der Waals surface area contributed by atoms with E-state index in [0.717, 1.165) is 32.2 Å². The monoisotopic (exact) mass is 400 g/mol. The summed E-state index contributed by atoms with van der Waals surface area (Å²) in [6.45, 7) is 3.97. The molecule has 6 heteroatoms. The molecule has 0 spiro atoms. The maximum absolute atomic E-state index is 13.3. The van der Waals surface area contributed by atoms with Crippen LogP contribution in [0.4, 0.5) is 4.39 Å². The second kappa shape index (κ2) is 8.03. The van der Waals surface area contributed by atoms with Crippen molar-refractivity contribution in [3.8, 4) is 0 Å². The molecule has 2 unspecified atom stereocenters. The molecule has 0 bridgehead atoms. The molecule has 1 fully saturated rings. The van der Waals surface area contributed by atoms with E-state index in [0.29, 0.717) is 18.7 Å². The number of piperidine rings is 1. The third-order valence-corrected chi connectivity index (χ3v) is 6.91. The summed E-state index contributed by atoms with van der Waals surface area (Å²) in [6, 6.07) is 7.93. The van der Waals surface area contributed by atoms with Crippen molar-refractivity contribution < 1.29 is 14.0 Å². The Bertz CT molecular complexity index is 864. The fraction of sp³-hybridized carbons (Fsp3) is 0.455. The summed E-state index contributed by atoms with van der Waals surface area (Å²) in [5.41, 5.74) is 1.77. The van der Waals surface area contributed by atoms with Crippen LogP contribution in [-0.2, 0) is 11.2 Å². The van der Waals surface area contributed by atoms with E-state index in [1.54, 1.807) is 16.2 Å². The maximum Gasteiger partial charge on any atom is 0.253 e. The van der Waals surface area contributed by atoms with Crippen LogP contribution in [0.25, 0.3) is 0 Å². The summed E-state index contributed by atoms with van der Waals surface area (Å²) in [7, 11) is 0. The summed E-state index contributed by atoms with van der Waals surface area (Å²) in [5, 5.41) is 2.12. The van der Waals surface area contributed by atoms with Gasteiger partial charge in [-0.2, -0.15) is 0 Å². The lowest BCUT2D eigenvalue weighted by molar-refractivity contribution is -0.140. The minimum atomic E-state index is -0.355. The molecule has 0 aliphatic carbocycles. The van der Waals surface area contributed by atoms with Crippen LogP contribution in [-0.4, -0.2) is 41.2 Å². The lowest BCUT2D eigenvalue weighted by Crippen LogP contribution is -2.49. The van der Waals surface area contributed by atoms with E-state index < -0.39 is 0 Å². The average molecular weight is 401 g/mol. The van der Waals surface area contributed by atoms with Crippen LogP contribution >= 0.6 is 11.3 Å². The third kappa shape index (κ3) is 3.58. The Balaban J connectivity index is 1.47. The Labute approximate surface area is 169 Å². The quantitative estimate of drug-likeness (QED) is 0.772. The van der Waals surface area contributed by atoms with Crippen molar-refractivity contribution in [1.29, 1.82) is 0 Å². The van der Waals surface area contributed by atoms with Gasteiger partial charge in [0.2, 0.25) is 5.91 Å². The first-order valence-corrected chi connectivity index (χ1v) is 10.9. The lowest BCUT2D eigenvalue weighted by atomic mass is 9.92. The fourth-order valence-electron chi connectivity index (χ4n) is 4.47. The molecule has 2 amide bonds. The van der Waals surface area contributed by atoms with Gasteiger partial charge in [-0.15, -0.1) is 11.3 Å². The molecule has 4 nitrogen and oxygen atoms in total. The Morgan fingerprint density at radius 3 is 2.71 bits per heavy atom. The number of nitrogens with zero attached hydrogens (tertiary/aromatic N) is 2. The van der Waals surface area contributed by atoms with Crippen LogP contribution in [0.2, 0.25) is 0 Å². The van der Waals surface area contributed by atoms with Gasteiger partial charge in [0, 0.05) is 30.1 Å². The maximum atomic E-state index is 13.3. The summed E-state index contributed by atoms with van der Waals surface area (Å²) in [4.78, 5) is 31.3. The number of benzene rings is 1. The first-order chi connectivity index (χ1) is 13.6. The highest BCUT2D eigenvalue weighted by molar-refractivity contribution is 7.10. The number of amides is 2. The zero-order chi connectivity index (χ0) is 19.7. The molecule has 0 radical (unpaired) electrons. The first-order valence-electron chi connectivity index (χ1n) is 10.00. The topological polar surface area (TPSA) is 40.6 Å². The summed E-state index contributed by atoms with van der Waals surface area (Å²) >= 11 is 1.78. The number of hydrogen-bond donors (Lipinski definition) is 0. The zero-order valence-electron chi connectivity index (χ0n) is 16.1. The highest BCUT2D eigenvalue weighted by Crippen LogP contribution is 2.36. The minimum Gasteiger partial charge on any atom is -0.338 e. The van der Waals surface area contributed by atoms with Crippen molar-refractivity contribution in [1.82, 2.24) is 9.80 Å². The SMILES string of the molecule is CCC1c2ccsc2CCN1C(=O)C1CCCN(C(=O)c2ccc(F)cc2)C1. The molecule has 3 heterocycles. The molecule has 2 aromatic rings. The second-order valence-electron chi connectivity index (χ2n) is 7.60. The molecular formula is C22H25FN2O2S. The number of fused-ring (bicyclic) bond motifs is 1. The smallest absolute Gasteiger partial charge is 0.253 e. The van der Waals surface area contributed by atoms with Crippen LogP contribution in [0.1, 0.15) is 53.0 Å². The average Bonchev–Trinajstić information content (AvgIpc) is 3.21. The van der Waals surface area contributed by atoms with E-state index >= 15 is 0 Å². The van der Waals surface area contributed by atoms with Crippen LogP contribution in [0.3, 0.4) is 0 Å². The van der Waals surface area contributed by atoms with E-state index in [9.17, 15) is 14.0 Å². The Morgan fingerprint density at radius 1 is 1.18 bits per heavy atom. The van der Waals surface area contributed by atoms with E-state index in [2.05, 4.69) is 18.4 Å². The van der Waals surface area contributed by atoms with Crippen LogP contribution < -0.4 is 0 Å². The van der Waals surface area contributed by atoms with Crippen LogP contribution in [0.15, 0.2) is 35.7 Å².